The Hall–Kier alpha value is -2.00. The second-order valence-corrected chi connectivity index (χ2v) is 4.65. The molecule has 0 aliphatic carbocycles. The number of hydrogen-bond donors (Lipinski definition) is 1. The Morgan fingerprint density at radius 1 is 1.26 bits per heavy atom. The summed E-state index contributed by atoms with van der Waals surface area (Å²) in [7, 11) is 2.88. The fraction of sp³-hybridized carbons (Fsp3) is 0.222. The Morgan fingerprint density at radius 2 is 1.89 bits per heavy atom. The molecule has 0 bridgehead atoms. The van der Waals surface area contributed by atoms with Gasteiger partial charge in [0.25, 0.3) is 5.91 Å². The van der Waals surface area contributed by atoms with E-state index in [0.717, 1.165) is 11.3 Å². The molecule has 0 fully saturated rings. The molecule has 2 heterocycles. The SMILES string of the molecule is COc1cc(OC)nc(NC(=O)c2nnc(Cl)s2)n1. The first-order valence-corrected chi connectivity index (χ1v) is 6.09. The topological polar surface area (TPSA) is 99.1 Å². The number of rotatable bonds is 4. The molecule has 100 valence electrons. The maximum Gasteiger partial charge on any atom is 0.289 e. The molecule has 2 rings (SSSR count). The minimum Gasteiger partial charge on any atom is -0.481 e. The second-order valence-electron chi connectivity index (χ2n) is 3.09. The van der Waals surface area contributed by atoms with Gasteiger partial charge in [-0.25, -0.2) is 0 Å². The van der Waals surface area contributed by atoms with Crippen LogP contribution in [0.3, 0.4) is 0 Å². The van der Waals surface area contributed by atoms with Crippen molar-refractivity contribution in [1.29, 1.82) is 0 Å². The van der Waals surface area contributed by atoms with Crippen molar-refractivity contribution in [1.82, 2.24) is 20.2 Å². The van der Waals surface area contributed by atoms with Crippen molar-refractivity contribution in [2.24, 2.45) is 0 Å². The number of halogens is 1. The molecule has 0 atom stereocenters. The standard InChI is InChI=1S/C9H8ClN5O3S/c1-17-4-3-5(18-2)12-9(11-4)13-6(16)7-14-15-8(10)19-7/h3H,1-2H3,(H,11,12,13,16). The third-order valence-electron chi connectivity index (χ3n) is 1.92. The number of aromatic nitrogens is 4. The van der Waals surface area contributed by atoms with E-state index in [1.807, 2.05) is 0 Å². The predicted octanol–water partition coefficient (Wildman–Crippen LogP) is 1.25. The van der Waals surface area contributed by atoms with Gasteiger partial charge in [-0.3, -0.25) is 10.1 Å². The highest BCUT2D eigenvalue weighted by Gasteiger charge is 2.15. The molecule has 10 heteroatoms. The van der Waals surface area contributed by atoms with Crippen molar-refractivity contribution in [2.75, 3.05) is 19.5 Å². The lowest BCUT2D eigenvalue weighted by molar-refractivity contribution is 0.102. The van der Waals surface area contributed by atoms with Crippen LogP contribution in [-0.2, 0) is 0 Å². The molecule has 0 saturated heterocycles. The summed E-state index contributed by atoms with van der Waals surface area (Å²) in [5.74, 6) is 0.0436. The van der Waals surface area contributed by atoms with Crippen molar-refractivity contribution in [3.8, 4) is 11.8 Å². The summed E-state index contributed by atoms with van der Waals surface area (Å²) in [6.07, 6.45) is 0. The summed E-state index contributed by atoms with van der Waals surface area (Å²) in [5, 5.41) is 9.69. The Bertz CT molecular complexity index is 583. The lowest BCUT2D eigenvalue weighted by Crippen LogP contribution is -2.14. The van der Waals surface area contributed by atoms with E-state index in [4.69, 9.17) is 21.1 Å². The number of amides is 1. The zero-order valence-corrected chi connectivity index (χ0v) is 11.4. The largest absolute Gasteiger partial charge is 0.481 e. The van der Waals surface area contributed by atoms with Crippen LogP contribution in [-0.4, -0.2) is 40.3 Å². The van der Waals surface area contributed by atoms with Gasteiger partial charge in [-0.2, -0.15) is 9.97 Å². The highest BCUT2D eigenvalue weighted by Crippen LogP contribution is 2.19. The molecule has 2 aromatic heterocycles. The van der Waals surface area contributed by atoms with Crippen LogP contribution in [0.15, 0.2) is 6.07 Å². The molecule has 8 nitrogen and oxygen atoms in total. The highest BCUT2D eigenvalue weighted by molar-refractivity contribution is 7.17. The smallest absolute Gasteiger partial charge is 0.289 e. The molecule has 2 aromatic rings. The van der Waals surface area contributed by atoms with Crippen LogP contribution in [0.2, 0.25) is 4.47 Å². The van der Waals surface area contributed by atoms with Crippen LogP contribution in [0.25, 0.3) is 0 Å². The first-order chi connectivity index (χ1) is 9.12. The van der Waals surface area contributed by atoms with Crippen molar-refractivity contribution >= 4 is 34.8 Å². The Balaban J connectivity index is 2.20. The van der Waals surface area contributed by atoms with Crippen molar-refractivity contribution < 1.29 is 14.3 Å². The van der Waals surface area contributed by atoms with E-state index in [9.17, 15) is 4.79 Å². The molecule has 0 spiro atoms. The summed E-state index contributed by atoms with van der Waals surface area (Å²) in [4.78, 5) is 19.7. The third kappa shape index (κ3) is 3.26. The van der Waals surface area contributed by atoms with Crippen LogP contribution in [0.4, 0.5) is 5.95 Å². The van der Waals surface area contributed by atoms with Gasteiger partial charge in [0, 0.05) is 0 Å². The number of carbonyl (C=O) groups is 1. The second kappa shape index (κ2) is 5.76. The molecule has 0 aliphatic rings. The number of ether oxygens (including phenoxy) is 2. The average molecular weight is 302 g/mol. The fourth-order valence-electron chi connectivity index (χ4n) is 1.12. The van der Waals surface area contributed by atoms with E-state index in [2.05, 4.69) is 25.5 Å². The van der Waals surface area contributed by atoms with E-state index in [-0.39, 0.29) is 27.2 Å². The number of hydrogen-bond acceptors (Lipinski definition) is 8. The van der Waals surface area contributed by atoms with E-state index >= 15 is 0 Å². The van der Waals surface area contributed by atoms with E-state index in [1.165, 1.54) is 20.3 Å². The monoisotopic (exact) mass is 301 g/mol. The summed E-state index contributed by atoms with van der Waals surface area (Å²) in [5.41, 5.74) is 0. The minimum absolute atomic E-state index is 0.0347. The number of nitrogens with one attached hydrogen (secondary N) is 1. The number of nitrogens with zero attached hydrogens (tertiary/aromatic N) is 4. The van der Waals surface area contributed by atoms with Gasteiger partial charge in [0.2, 0.25) is 27.2 Å². The van der Waals surface area contributed by atoms with E-state index in [1.54, 1.807) is 0 Å². The van der Waals surface area contributed by atoms with Crippen LogP contribution in [0.5, 0.6) is 11.8 Å². The molecule has 0 saturated carbocycles. The van der Waals surface area contributed by atoms with Crippen molar-refractivity contribution in [2.45, 2.75) is 0 Å². The zero-order chi connectivity index (χ0) is 13.8. The number of anilines is 1. The van der Waals surface area contributed by atoms with Gasteiger partial charge < -0.3 is 9.47 Å². The third-order valence-corrected chi connectivity index (χ3v) is 2.93. The van der Waals surface area contributed by atoms with Gasteiger partial charge in [-0.05, 0) is 11.6 Å². The van der Waals surface area contributed by atoms with Gasteiger partial charge in [0.15, 0.2) is 0 Å². The van der Waals surface area contributed by atoms with Gasteiger partial charge >= 0.3 is 0 Å². The molecule has 0 radical (unpaired) electrons. The predicted molar refractivity (Wildman–Crippen MR) is 68.0 cm³/mol. The minimum atomic E-state index is -0.514. The van der Waals surface area contributed by atoms with Crippen LogP contribution >= 0.6 is 22.9 Å². The van der Waals surface area contributed by atoms with Gasteiger partial charge in [-0.15, -0.1) is 10.2 Å². The quantitative estimate of drug-likeness (QED) is 0.907. The molecule has 0 unspecified atom stereocenters. The Labute approximate surface area is 116 Å². The first kappa shape index (κ1) is 13.4. The maximum absolute atomic E-state index is 11.8. The molecule has 0 aliphatic heterocycles. The molecule has 0 aromatic carbocycles. The van der Waals surface area contributed by atoms with Crippen molar-refractivity contribution in [3.05, 3.63) is 15.5 Å². The fourth-order valence-corrected chi connectivity index (χ4v) is 1.84. The zero-order valence-electron chi connectivity index (χ0n) is 9.88. The molecular formula is C9H8ClN5O3S. The molecule has 19 heavy (non-hydrogen) atoms. The van der Waals surface area contributed by atoms with Crippen LogP contribution in [0.1, 0.15) is 9.80 Å². The summed E-state index contributed by atoms with van der Waals surface area (Å²) in [6, 6.07) is 1.48. The van der Waals surface area contributed by atoms with Crippen LogP contribution < -0.4 is 14.8 Å². The average Bonchev–Trinajstić information content (AvgIpc) is 2.85. The molecule has 1 N–H and O–H groups in total. The maximum atomic E-state index is 11.8. The number of carbonyl (C=O) groups excluding carboxylic acids is 1. The first-order valence-electron chi connectivity index (χ1n) is 4.90. The van der Waals surface area contributed by atoms with Crippen molar-refractivity contribution in [3.63, 3.8) is 0 Å². The molecule has 1 amide bonds. The number of methoxy groups -OCH3 is 2. The Kier molecular flexibility index (Phi) is 4.07. The van der Waals surface area contributed by atoms with Gasteiger partial charge in [0.05, 0.1) is 20.3 Å². The lowest BCUT2D eigenvalue weighted by atomic mass is 10.5. The van der Waals surface area contributed by atoms with E-state index < -0.39 is 5.91 Å². The molecular weight excluding hydrogens is 294 g/mol. The Morgan fingerprint density at radius 3 is 2.37 bits per heavy atom. The highest BCUT2D eigenvalue weighted by atomic mass is 35.5. The van der Waals surface area contributed by atoms with Gasteiger partial charge in [0.1, 0.15) is 0 Å². The van der Waals surface area contributed by atoms with E-state index in [0.29, 0.717) is 0 Å². The normalized spacial score (nSPS) is 10.1. The summed E-state index contributed by atoms with van der Waals surface area (Å²) in [6.45, 7) is 0. The summed E-state index contributed by atoms with van der Waals surface area (Å²) >= 11 is 6.54. The lowest BCUT2D eigenvalue weighted by Gasteiger charge is -2.06. The van der Waals surface area contributed by atoms with Crippen LogP contribution in [0, 0.1) is 0 Å². The summed E-state index contributed by atoms with van der Waals surface area (Å²) < 4.78 is 10.1. The van der Waals surface area contributed by atoms with Gasteiger partial charge in [-0.1, -0.05) is 11.3 Å².